The fourth-order valence-electron chi connectivity index (χ4n) is 2.68. The Bertz CT molecular complexity index is 422. The van der Waals surface area contributed by atoms with Crippen molar-refractivity contribution in [2.45, 2.75) is 32.0 Å². The number of benzene rings is 1. The average molecular weight is 287 g/mol. The van der Waals surface area contributed by atoms with Gasteiger partial charge in [0.2, 0.25) is 0 Å². The van der Waals surface area contributed by atoms with Crippen LogP contribution in [0.4, 0.5) is 13.2 Å². The number of likely N-dealkylation sites (tertiary alicyclic amines) is 1. The lowest BCUT2D eigenvalue weighted by molar-refractivity contribution is -0.137. The molecule has 2 rings (SSSR count). The first kappa shape index (κ1) is 15.3. The Morgan fingerprint density at radius 1 is 1.20 bits per heavy atom. The van der Waals surface area contributed by atoms with Gasteiger partial charge >= 0.3 is 6.18 Å². The van der Waals surface area contributed by atoms with Gasteiger partial charge in [0.1, 0.15) is 0 Å². The number of aliphatic hydroxyl groups is 1. The van der Waals surface area contributed by atoms with Crippen molar-refractivity contribution in [2.75, 3.05) is 19.7 Å². The Labute approximate surface area is 117 Å². The van der Waals surface area contributed by atoms with Crippen LogP contribution in [0.2, 0.25) is 0 Å². The number of hydrogen-bond acceptors (Lipinski definition) is 2. The Kier molecular flexibility index (Phi) is 4.70. The molecular formula is C15H20F3NO. The van der Waals surface area contributed by atoms with Gasteiger partial charge in [-0.2, -0.15) is 13.2 Å². The molecule has 0 amide bonds. The first-order valence-electron chi connectivity index (χ1n) is 6.94. The molecule has 1 aromatic rings. The minimum Gasteiger partial charge on any atom is -0.396 e. The number of aliphatic hydroxyl groups excluding tert-OH is 1. The summed E-state index contributed by atoms with van der Waals surface area (Å²) in [5.41, 5.74) is 0.299. The van der Waals surface area contributed by atoms with Crippen LogP contribution in [0.3, 0.4) is 0 Å². The van der Waals surface area contributed by atoms with Crippen LogP contribution < -0.4 is 0 Å². The van der Waals surface area contributed by atoms with Gasteiger partial charge < -0.3 is 5.11 Å². The van der Waals surface area contributed by atoms with Crippen molar-refractivity contribution in [3.8, 4) is 0 Å². The fraction of sp³-hybridized carbons (Fsp3) is 0.600. The Morgan fingerprint density at radius 2 is 1.75 bits per heavy atom. The van der Waals surface area contributed by atoms with Gasteiger partial charge in [0, 0.05) is 12.6 Å². The summed E-state index contributed by atoms with van der Waals surface area (Å²) in [6, 6.07) is 5.52. The highest BCUT2D eigenvalue weighted by Gasteiger charge is 2.30. The third-order valence-electron chi connectivity index (χ3n) is 4.18. The van der Waals surface area contributed by atoms with E-state index in [1.807, 2.05) is 6.92 Å². The quantitative estimate of drug-likeness (QED) is 0.920. The number of nitrogens with zero attached hydrogens (tertiary/aromatic N) is 1. The smallest absolute Gasteiger partial charge is 0.396 e. The molecule has 1 atom stereocenters. The van der Waals surface area contributed by atoms with Crippen LogP contribution >= 0.6 is 0 Å². The van der Waals surface area contributed by atoms with Crippen LogP contribution in [0.1, 0.15) is 36.9 Å². The molecule has 1 aliphatic rings. The van der Waals surface area contributed by atoms with E-state index >= 15 is 0 Å². The third-order valence-corrected chi connectivity index (χ3v) is 4.18. The Balaban J connectivity index is 2.01. The maximum absolute atomic E-state index is 12.5. The molecule has 0 bridgehead atoms. The van der Waals surface area contributed by atoms with E-state index in [2.05, 4.69) is 4.90 Å². The number of hydrogen-bond donors (Lipinski definition) is 1. The van der Waals surface area contributed by atoms with Gasteiger partial charge in [0.15, 0.2) is 0 Å². The number of alkyl halides is 3. The molecule has 1 fully saturated rings. The number of rotatable bonds is 3. The molecule has 1 heterocycles. The standard InChI is InChI=1S/C15H20F3NO/c1-11(19-8-6-12(10-20)7-9-19)13-2-4-14(5-3-13)15(16,17)18/h2-5,11-12,20H,6-10H2,1H3. The zero-order chi connectivity index (χ0) is 14.8. The average Bonchev–Trinajstić information content (AvgIpc) is 2.46. The van der Waals surface area contributed by atoms with Gasteiger partial charge in [-0.1, -0.05) is 12.1 Å². The zero-order valence-electron chi connectivity index (χ0n) is 11.5. The van der Waals surface area contributed by atoms with E-state index in [0.29, 0.717) is 5.92 Å². The van der Waals surface area contributed by atoms with E-state index in [4.69, 9.17) is 5.11 Å². The summed E-state index contributed by atoms with van der Waals surface area (Å²) in [5, 5.41) is 9.11. The monoisotopic (exact) mass is 287 g/mol. The van der Waals surface area contributed by atoms with Crippen molar-refractivity contribution >= 4 is 0 Å². The van der Waals surface area contributed by atoms with Crippen LogP contribution in [0.5, 0.6) is 0 Å². The number of piperidine rings is 1. The summed E-state index contributed by atoms with van der Waals surface area (Å²) < 4.78 is 37.6. The molecule has 1 unspecified atom stereocenters. The molecule has 0 spiro atoms. The summed E-state index contributed by atoms with van der Waals surface area (Å²) >= 11 is 0. The Hall–Kier alpha value is -1.07. The van der Waals surface area contributed by atoms with Crippen molar-refractivity contribution in [1.82, 2.24) is 4.90 Å². The highest BCUT2D eigenvalue weighted by atomic mass is 19.4. The predicted octanol–water partition coefficient (Wildman–Crippen LogP) is 3.47. The second-order valence-corrected chi connectivity index (χ2v) is 5.46. The van der Waals surface area contributed by atoms with Crippen LogP contribution in [-0.4, -0.2) is 29.7 Å². The SMILES string of the molecule is CC(c1ccc(C(F)(F)F)cc1)N1CCC(CO)CC1. The normalized spacial score (nSPS) is 20.1. The van der Waals surface area contributed by atoms with E-state index in [1.165, 1.54) is 0 Å². The third kappa shape index (κ3) is 3.52. The first-order valence-corrected chi connectivity index (χ1v) is 6.94. The lowest BCUT2D eigenvalue weighted by Gasteiger charge is -2.35. The molecule has 0 saturated carbocycles. The molecule has 1 N–H and O–H groups in total. The lowest BCUT2D eigenvalue weighted by atomic mass is 9.95. The largest absolute Gasteiger partial charge is 0.416 e. The van der Waals surface area contributed by atoms with Crippen molar-refractivity contribution < 1.29 is 18.3 Å². The molecule has 112 valence electrons. The van der Waals surface area contributed by atoms with E-state index in [9.17, 15) is 13.2 Å². The van der Waals surface area contributed by atoms with Crippen LogP contribution in [0.25, 0.3) is 0 Å². The second kappa shape index (κ2) is 6.14. The Morgan fingerprint density at radius 3 is 2.20 bits per heavy atom. The van der Waals surface area contributed by atoms with E-state index in [1.54, 1.807) is 12.1 Å². The van der Waals surface area contributed by atoms with Crippen LogP contribution in [-0.2, 0) is 6.18 Å². The molecule has 0 aliphatic carbocycles. The molecule has 1 aromatic carbocycles. The maximum Gasteiger partial charge on any atom is 0.416 e. The summed E-state index contributed by atoms with van der Waals surface area (Å²) in [4.78, 5) is 2.26. The summed E-state index contributed by atoms with van der Waals surface area (Å²) in [5.74, 6) is 0.367. The summed E-state index contributed by atoms with van der Waals surface area (Å²) in [6.07, 6.45) is -2.38. The first-order chi connectivity index (χ1) is 9.41. The zero-order valence-corrected chi connectivity index (χ0v) is 11.5. The van der Waals surface area contributed by atoms with Crippen molar-refractivity contribution in [2.24, 2.45) is 5.92 Å². The van der Waals surface area contributed by atoms with Gasteiger partial charge in [-0.25, -0.2) is 0 Å². The molecule has 20 heavy (non-hydrogen) atoms. The fourth-order valence-corrected chi connectivity index (χ4v) is 2.68. The van der Waals surface area contributed by atoms with Crippen molar-refractivity contribution in [3.05, 3.63) is 35.4 Å². The topological polar surface area (TPSA) is 23.5 Å². The lowest BCUT2D eigenvalue weighted by Crippen LogP contribution is -2.36. The van der Waals surface area contributed by atoms with Crippen LogP contribution in [0, 0.1) is 5.92 Å². The highest BCUT2D eigenvalue weighted by Crippen LogP contribution is 2.31. The van der Waals surface area contributed by atoms with Crippen molar-refractivity contribution in [3.63, 3.8) is 0 Å². The van der Waals surface area contributed by atoms with Gasteiger partial charge in [-0.3, -0.25) is 4.90 Å². The van der Waals surface area contributed by atoms with Crippen molar-refractivity contribution in [1.29, 1.82) is 0 Å². The predicted molar refractivity (Wildman–Crippen MR) is 71.2 cm³/mol. The molecule has 2 nitrogen and oxygen atoms in total. The van der Waals surface area contributed by atoms with E-state index < -0.39 is 11.7 Å². The van der Waals surface area contributed by atoms with E-state index in [-0.39, 0.29) is 12.6 Å². The maximum atomic E-state index is 12.5. The highest BCUT2D eigenvalue weighted by molar-refractivity contribution is 5.26. The molecule has 0 radical (unpaired) electrons. The second-order valence-electron chi connectivity index (χ2n) is 5.46. The molecular weight excluding hydrogens is 267 g/mol. The van der Waals surface area contributed by atoms with E-state index in [0.717, 1.165) is 43.6 Å². The van der Waals surface area contributed by atoms with Crippen LogP contribution in [0.15, 0.2) is 24.3 Å². The molecule has 1 aliphatic heterocycles. The molecule has 5 heteroatoms. The van der Waals surface area contributed by atoms with Gasteiger partial charge in [0.25, 0.3) is 0 Å². The number of halogens is 3. The van der Waals surface area contributed by atoms with Gasteiger partial charge in [-0.05, 0) is 56.5 Å². The minimum absolute atomic E-state index is 0.108. The van der Waals surface area contributed by atoms with Gasteiger partial charge in [-0.15, -0.1) is 0 Å². The molecule has 0 aromatic heterocycles. The molecule has 1 saturated heterocycles. The summed E-state index contributed by atoms with van der Waals surface area (Å²) in [7, 11) is 0. The van der Waals surface area contributed by atoms with Gasteiger partial charge in [0.05, 0.1) is 5.56 Å². The minimum atomic E-state index is -4.28. The summed E-state index contributed by atoms with van der Waals surface area (Å²) in [6.45, 7) is 4.01.